The summed E-state index contributed by atoms with van der Waals surface area (Å²) < 4.78 is 7.86. The number of hydrogen-bond donors (Lipinski definition) is 0. The van der Waals surface area contributed by atoms with Gasteiger partial charge in [0.1, 0.15) is 0 Å². The van der Waals surface area contributed by atoms with Gasteiger partial charge in [-0.25, -0.2) is 0 Å². The number of benzene rings is 1. The summed E-state index contributed by atoms with van der Waals surface area (Å²) in [5.41, 5.74) is 3.07. The van der Waals surface area contributed by atoms with Crippen LogP contribution in [0.1, 0.15) is 12.5 Å². The van der Waals surface area contributed by atoms with Gasteiger partial charge in [0.2, 0.25) is 5.91 Å². The summed E-state index contributed by atoms with van der Waals surface area (Å²) >= 11 is 1.59. The topological polar surface area (TPSA) is 51.0 Å². The molecule has 30 heavy (non-hydrogen) atoms. The van der Waals surface area contributed by atoms with Gasteiger partial charge >= 0.3 is 0 Å². The van der Waals surface area contributed by atoms with Crippen molar-refractivity contribution in [3.63, 3.8) is 0 Å². The van der Waals surface area contributed by atoms with Crippen molar-refractivity contribution in [2.75, 3.05) is 26.8 Å². The summed E-state index contributed by atoms with van der Waals surface area (Å²) in [6, 6.07) is 15.5. The number of fused-ring (bicyclic) bond motifs is 3. The molecule has 0 saturated heterocycles. The fourth-order valence-electron chi connectivity index (χ4n) is 3.78. The summed E-state index contributed by atoms with van der Waals surface area (Å²) in [4.78, 5) is 28.2. The van der Waals surface area contributed by atoms with Crippen molar-refractivity contribution in [2.24, 2.45) is 0 Å². The highest BCUT2D eigenvalue weighted by atomic mass is 32.1. The number of ether oxygens (including phenoxy) is 1. The molecule has 0 aliphatic rings. The fraction of sp³-hybridized carbons (Fsp3) is 0.250. The Kier molecular flexibility index (Phi) is 5.97. The predicted octanol–water partition coefficient (Wildman–Crippen LogP) is 4.22. The number of likely N-dealkylation sites (N-methyl/N-ethyl adjacent to an activating group) is 1. The second-order valence-electron chi connectivity index (χ2n) is 7.14. The van der Waals surface area contributed by atoms with Crippen molar-refractivity contribution in [3.05, 3.63) is 76.0 Å². The van der Waals surface area contributed by atoms with Gasteiger partial charge < -0.3 is 9.64 Å². The minimum atomic E-state index is -0.0746. The van der Waals surface area contributed by atoms with Gasteiger partial charge in [0.25, 0.3) is 5.56 Å². The number of carbonyl (C=O) groups is 1. The third-order valence-electron chi connectivity index (χ3n) is 5.35. The fourth-order valence-corrected chi connectivity index (χ4v) is 4.74. The molecule has 1 amide bonds. The van der Waals surface area contributed by atoms with E-state index >= 15 is 0 Å². The third kappa shape index (κ3) is 3.76. The van der Waals surface area contributed by atoms with E-state index in [1.807, 2.05) is 67.0 Å². The van der Waals surface area contributed by atoms with Crippen LogP contribution in [0.15, 0.2) is 64.9 Å². The zero-order chi connectivity index (χ0) is 21.1. The van der Waals surface area contributed by atoms with E-state index in [1.165, 1.54) is 0 Å². The summed E-state index contributed by atoms with van der Waals surface area (Å²) in [6.45, 7) is 3.64. The maximum atomic E-state index is 13.3. The minimum Gasteiger partial charge on any atom is -0.383 e. The Morgan fingerprint density at radius 3 is 2.70 bits per heavy atom. The number of amides is 1. The molecule has 1 aromatic carbocycles. The molecule has 0 unspecified atom stereocenters. The second-order valence-corrected chi connectivity index (χ2v) is 8.05. The standard InChI is InChI=1S/C24H24N2O3S/c1-3-25(12-13-29-2)21(27)16-19-15-20(17-7-5-4-6-8-17)24(28)26-11-9-18-10-14-30-23(18)22(19)26/h4-11,14-15H,3,12-13,16H2,1-2H3. The van der Waals surface area contributed by atoms with Crippen LogP contribution in [-0.4, -0.2) is 42.0 Å². The lowest BCUT2D eigenvalue weighted by Crippen LogP contribution is -2.35. The summed E-state index contributed by atoms with van der Waals surface area (Å²) in [5, 5.41) is 3.09. The number of thiophene rings is 1. The van der Waals surface area contributed by atoms with Gasteiger partial charge in [-0.05, 0) is 47.0 Å². The van der Waals surface area contributed by atoms with Crippen molar-refractivity contribution in [1.29, 1.82) is 0 Å². The summed E-state index contributed by atoms with van der Waals surface area (Å²) in [7, 11) is 1.63. The van der Waals surface area contributed by atoms with Gasteiger partial charge in [-0.1, -0.05) is 30.3 Å². The van der Waals surface area contributed by atoms with Gasteiger partial charge in [-0.3, -0.25) is 14.0 Å². The Bertz CT molecular complexity index is 1240. The number of rotatable bonds is 7. The predicted molar refractivity (Wildman–Crippen MR) is 122 cm³/mol. The molecule has 0 fully saturated rings. The number of nitrogens with zero attached hydrogens (tertiary/aromatic N) is 2. The molecule has 0 N–H and O–H groups in total. The van der Waals surface area contributed by atoms with Crippen molar-refractivity contribution in [3.8, 4) is 11.1 Å². The maximum Gasteiger partial charge on any atom is 0.263 e. The maximum absolute atomic E-state index is 13.3. The molecule has 6 heteroatoms. The van der Waals surface area contributed by atoms with E-state index in [1.54, 1.807) is 27.7 Å². The Morgan fingerprint density at radius 1 is 1.17 bits per heavy atom. The van der Waals surface area contributed by atoms with Crippen molar-refractivity contribution < 1.29 is 9.53 Å². The molecule has 0 bridgehead atoms. The van der Waals surface area contributed by atoms with Gasteiger partial charge in [0, 0.05) is 32.0 Å². The van der Waals surface area contributed by atoms with E-state index < -0.39 is 0 Å². The normalized spacial score (nSPS) is 11.3. The van der Waals surface area contributed by atoms with E-state index in [0.717, 1.165) is 26.7 Å². The molecule has 4 rings (SSSR count). The van der Waals surface area contributed by atoms with E-state index in [2.05, 4.69) is 0 Å². The number of hydrogen-bond acceptors (Lipinski definition) is 4. The van der Waals surface area contributed by atoms with Gasteiger partial charge in [0.15, 0.2) is 0 Å². The van der Waals surface area contributed by atoms with Crippen LogP contribution in [0.4, 0.5) is 0 Å². The van der Waals surface area contributed by atoms with Crippen molar-refractivity contribution >= 4 is 32.8 Å². The van der Waals surface area contributed by atoms with Gasteiger partial charge in [0.05, 0.1) is 23.2 Å². The zero-order valence-corrected chi connectivity index (χ0v) is 17.9. The molecule has 154 valence electrons. The number of pyridine rings is 2. The molecule has 0 spiro atoms. The first-order valence-corrected chi connectivity index (χ1v) is 10.9. The quantitative estimate of drug-likeness (QED) is 0.450. The Labute approximate surface area is 179 Å². The van der Waals surface area contributed by atoms with Gasteiger partial charge in [-0.15, -0.1) is 11.3 Å². The molecule has 0 aliphatic heterocycles. The lowest BCUT2D eigenvalue weighted by molar-refractivity contribution is -0.130. The Balaban J connectivity index is 1.90. The third-order valence-corrected chi connectivity index (χ3v) is 6.29. The highest BCUT2D eigenvalue weighted by molar-refractivity contribution is 7.18. The largest absolute Gasteiger partial charge is 0.383 e. The molecular weight excluding hydrogens is 396 g/mol. The smallest absolute Gasteiger partial charge is 0.263 e. The molecule has 4 aromatic rings. The van der Waals surface area contributed by atoms with Crippen molar-refractivity contribution in [2.45, 2.75) is 13.3 Å². The van der Waals surface area contributed by atoms with Crippen LogP contribution < -0.4 is 5.56 Å². The van der Waals surface area contributed by atoms with Crippen LogP contribution in [0.25, 0.3) is 26.7 Å². The van der Waals surface area contributed by atoms with Crippen LogP contribution in [0.2, 0.25) is 0 Å². The van der Waals surface area contributed by atoms with Crippen LogP contribution in [0, 0.1) is 0 Å². The molecule has 3 heterocycles. The van der Waals surface area contributed by atoms with E-state index in [-0.39, 0.29) is 17.9 Å². The summed E-state index contributed by atoms with van der Waals surface area (Å²) in [5.74, 6) is 0.0302. The first kappa shape index (κ1) is 20.3. The van der Waals surface area contributed by atoms with Crippen LogP contribution >= 0.6 is 11.3 Å². The van der Waals surface area contributed by atoms with E-state index in [0.29, 0.717) is 25.3 Å². The van der Waals surface area contributed by atoms with E-state index in [9.17, 15) is 9.59 Å². The first-order chi connectivity index (χ1) is 14.6. The molecule has 0 radical (unpaired) electrons. The lowest BCUT2D eigenvalue weighted by atomic mass is 10.0. The SMILES string of the molecule is CCN(CCOC)C(=O)Cc1cc(-c2ccccc2)c(=O)n2ccc3ccsc3c12. The first-order valence-electron chi connectivity index (χ1n) is 10.0. The molecule has 0 saturated carbocycles. The van der Waals surface area contributed by atoms with Crippen molar-refractivity contribution in [1.82, 2.24) is 9.30 Å². The Morgan fingerprint density at radius 2 is 1.97 bits per heavy atom. The van der Waals surface area contributed by atoms with E-state index in [4.69, 9.17) is 4.74 Å². The Hall–Kier alpha value is -2.96. The average molecular weight is 421 g/mol. The lowest BCUT2D eigenvalue weighted by Gasteiger charge is -2.21. The molecular formula is C24H24N2O3S. The molecule has 3 aromatic heterocycles. The van der Waals surface area contributed by atoms with Crippen LogP contribution in [0.5, 0.6) is 0 Å². The zero-order valence-electron chi connectivity index (χ0n) is 17.1. The second kappa shape index (κ2) is 8.81. The number of carbonyl (C=O) groups excluding carboxylic acids is 1. The summed E-state index contributed by atoms with van der Waals surface area (Å²) in [6.07, 6.45) is 2.05. The van der Waals surface area contributed by atoms with Crippen LogP contribution in [0.3, 0.4) is 0 Å². The number of aromatic nitrogens is 1. The molecule has 0 aliphatic carbocycles. The monoisotopic (exact) mass is 420 g/mol. The van der Waals surface area contributed by atoms with Gasteiger partial charge in [-0.2, -0.15) is 0 Å². The molecule has 5 nitrogen and oxygen atoms in total. The highest BCUT2D eigenvalue weighted by Crippen LogP contribution is 2.29. The molecule has 0 atom stereocenters. The minimum absolute atomic E-state index is 0.0302. The number of methoxy groups -OCH3 is 1. The highest BCUT2D eigenvalue weighted by Gasteiger charge is 2.19. The average Bonchev–Trinajstić information content (AvgIpc) is 3.25. The van der Waals surface area contributed by atoms with Crippen LogP contribution in [-0.2, 0) is 16.0 Å².